The summed E-state index contributed by atoms with van der Waals surface area (Å²) in [5.41, 5.74) is 3.03. The fourth-order valence-corrected chi connectivity index (χ4v) is 4.01. The highest BCUT2D eigenvalue weighted by molar-refractivity contribution is 6.33. The number of hydrogen-bond acceptors (Lipinski definition) is 4. The van der Waals surface area contributed by atoms with E-state index in [2.05, 4.69) is 29.3 Å². The van der Waals surface area contributed by atoms with Gasteiger partial charge in [-0.1, -0.05) is 30.1 Å². The molecule has 0 spiro atoms. The highest BCUT2D eigenvalue weighted by Crippen LogP contribution is 2.36. The Bertz CT molecular complexity index is 792. The first-order valence-electron chi connectivity index (χ1n) is 9.90. The molecule has 1 heterocycles. The van der Waals surface area contributed by atoms with Gasteiger partial charge in [0.05, 0.1) is 24.4 Å². The van der Waals surface area contributed by atoms with Crippen molar-refractivity contribution in [2.75, 3.05) is 37.0 Å². The number of methoxy groups -OCH3 is 1. The van der Waals surface area contributed by atoms with Gasteiger partial charge in [0, 0.05) is 42.0 Å². The number of nitrogens with zero attached hydrogens (tertiary/aromatic N) is 1. The standard InChI is InChI=1S/C22H28Cl2N2O2/c1-3-11-28-22-16(12-17(23)13-21(22)27-2)15-25-18-7-8-20(19(24)14-18)26-9-5-4-6-10-26/h7-8,12-14,25H,3-6,9-11,15H2,1-2H3. The molecule has 0 unspecified atom stereocenters. The zero-order chi connectivity index (χ0) is 19.9. The van der Waals surface area contributed by atoms with Crippen molar-refractivity contribution in [3.05, 3.63) is 45.9 Å². The lowest BCUT2D eigenvalue weighted by molar-refractivity contribution is 0.291. The Morgan fingerprint density at radius 2 is 1.86 bits per heavy atom. The highest BCUT2D eigenvalue weighted by Gasteiger charge is 2.15. The Morgan fingerprint density at radius 1 is 1.07 bits per heavy atom. The van der Waals surface area contributed by atoms with E-state index in [4.69, 9.17) is 32.7 Å². The molecular formula is C22H28Cl2N2O2. The van der Waals surface area contributed by atoms with Crippen LogP contribution < -0.4 is 19.7 Å². The lowest BCUT2D eigenvalue weighted by Crippen LogP contribution is -2.29. The molecule has 3 rings (SSSR count). The zero-order valence-corrected chi connectivity index (χ0v) is 18.1. The monoisotopic (exact) mass is 422 g/mol. The molecule has 0 aliphatic carbocycles. The third kappa shape index (κ3) is 5.18. The maximum Gasteiger partial charge on any atom is 0.166 e. The van der Waals surface area contributed by atoms with E-state index >= 15 is 0 Å². The number of rotatable bonds is 8. The Morgan fingerprint density at radius 3 is 2.54 bits per heavy atom. The van der Waals surface area contributed by atoms with Crippen LogP contribution in [-0.2, 0) is 6.54 Å². The smallest absolute Gasteiger partial charge is 0.166 e. The van der Waals surface area contributed by atoms with Gasteiger partial charge >= 0.3 is 0 Å². The van der Waals surface area contributed by atoms with Crippen molar-refractivity contribution in [2.24, 2.45) is 0 Å². The van der Waals surface area contributed by atoms with Crippen molar-refractivity contribution in [1.82, 2.24) is 0 Å². The third-order valence-electron chi connectivity index (χ3n) is 4.89. The topological polar surface area (TPSA) is 33.7 Å². The van der Waals surface area contributed by atoms with Crippen LogP contribution in [0.25, 0.3) is 0 Å². The Kier molecular flexibility index (Phi) is 7.57. The van der Waals surface area contributed by atoms with Gasteiger partial charge in [-0.2, -0.15) is 0 Å². The molecule has 2 aromatic carbocycles. The number of nitrogens with one attached hydrogen (secondary N) is 1. The molecule has 1 saturated heterocycles. The van der Waals surface area contributed by atoms with E-state index < -0.39 is 0 Å². The number of piperidine rings is 1. The Hall–Kier alpha value is -1.78. The molecule has 1 fully saturated rings. The molecule has 152 valence electrons. The van der Waals surface area contributed by atoms with Crippen molar-refractivity contribution in [2.45, 2.75) is 39.2 Å². The van der Waals surface area contributed by atoms with E-state index in [-0.39, 0.29) is 0 Å². The molecule has 0 amide bonds. The van der Waals surface area contributed by atoms with Crippen molar-refractivity contribution < 1.29 is 9.47 Å². The summed E-state index contributed by atoms with van der Waals surface area (Å²) in [5, 5.41) is 4.83. The molecule has 6 heteroatoms. The van der Waals surface area contributed by atoms with Gasteiger partial charge in [-0.25, -0.2) is 0 Å². The van der Waals surface area contributed by atoms with E-state index in [1.54, 1.807) is 13.2 Å². The summed E-state index contributed by atoms with van der Waals surface area (Å²) < 4.78 is 11.4. The second-order valence-corrected chi connectivity index (χ2v) is 7.86. The fraction of sp³-hybridized carbons (Fsp3) is 0.455. The number of hydrogen-bond donors (Lipinski definition) is 1. The quantitative estimate of drug-likeness (QED) is 0.533. The predicted octanol–water partition coefficient (Wildman–Crippen LogP) is 6.39. The molecule has 1 aliphatic heterocycles. The van der Waals surface area contributed by atoms with Crippen molar-refractivity contribution in [3.63, 3.8) is 0 Å². The van der Waals surface area contributed by atoms with Crippen LogP contribution in [0.3, 0.4) is 0 Å². The van der Waals surface area contributed by atoms with Gasteiger partial charge in [0.1, 0.15) is 0 Å². The molecule has 1 aliphatic rings. The van der Waals surface area contributed by atoms with Crippen LogP contribution in [0.15, 0.2) is 30.3 Å². The molecule has 0 radical (unpaired) electrons. The Balaban J connectivity index is 1.74. The summed E-state index contributed by atoms with van der Waals surface area (Å²) in [6.07, 6.45) is 4.69. The molecule has 1 N–H and O–H groups in total. The van der Waals surface area contributed by atoms with Crippen LogP contribution >= 0.6 is 23.2 Å². The van der Waals surface area contributed by atoms with Crippen LogP contribution in [0.5, 0.6) is 11.5 Å². The first-order chi connectivity index (χ1) is 13.6. The van der Waals surface area contributed by atoms with Crippen LogP contribution in [0, 0.1) is 0 Å². The van der Waals surface area contributed by atoms with Crippen LogP contribution in [0.1, 0.15) is 38.2 Å². The SMILES string of the molecule is CCCOc1c(CNc2ccc(N3CCCCC3)c(Cl)c2)cc(Cl)cc1OC. The van der Waals surface area contributed by atoms with Crippen LogP contribution in [0.4, 0.5) is 11.4 Å². The van der Waals surface area contributed by atoms with Gasteiger partial charge in [0.15, 0.2) is 11.5 Å². The summed E-state index contributed by atoms with van der Waals surface area (Å²) in [6.45, 7) is 5.42. The minimum Gasteiger partial charge on any atom is -0.493 e. The number of benzene rings is 2. The first-order valence-corrected chi connectivity index (χ1v) is 10.7. The van der Waals surface area contributed by atoms with Gasteiger partial charge in [-0.05, 0) is 49.9 Å². The maximum atomic E-state index is 6.57. The van der Waals surface area contributed by atoms with Crippen molar-refractivity contribution in [1.29, 1.82) is 0 Å². The summed E-state index contributed by atoms with van der Waals surface area (Å²) >= 11 is 12.8. The third-order valence-corrected chi connectivity index (χ3v) is 5.42. The molecule has 28 heavy (non-hydrogen) atoms. The van der Waals surface area contributed by atoms with Gasteiger partial charge in [0.25, 0.3) is 0 Å². The van der Waals surface area contributed by atoms with E-state index in [1.165, 1.54) is 19.3 Å². The molecule has 2 aromatic rings. The number of anilines is 2. The average molecular weight is 423 g/mol. The summed E-state index contributed by atoms with van der Waals surface area (Å²) in [6, 6.07) is 9.85. The van der Waals surface area contributed by atoms with Crippen LogP contribution in [0.2, 0.25) is 10.0 Å². The minimum atomic E-state index is 0.565. The second kappa shape index (κ2) is 10.1. The average Bonchev–Trinajstić information content (AvgIpc) is 2.71. The van der Waals surface area contributed by atoms with Gasteiger partial charge in [-0.3, -0.25) is 0 Å². The molecule has 0 saturated carbocycles. The Labute approximate surface area is 177 Å². The van der Waals surface area contributed by atoms with E-state index in [9.17, 15) is 0 Å². The molecule has 0 atom stereocenters. The van der Waals surface area contributed by atoms with Gasteiger partial charge in [-0.15, -0.1) is 0 Å². The van der Waals surface area contributed by atoms with E-state index in [0.29, 0.717) is 23.9 Å². The van der Waals surface area contributed by atoms with Gasteiger partial charge < -0.3 is 19.7 Å². The molecule has 0 bridgehead atoms. The molecule has 0 aromatic heterocycles. The minimum absolute atomic E-state index is 0.565. The largest absolute Gasteiger partial charge is 0.493 e. The lowest BCUT2D eigenvalue weighted by Gasteiger charge is -2.29. The first kappa shape index (κ1) is 20.9. The molecule has 4 nitrogen and oxygen atoms in total. The van der Waals surface area contributed by atoms with Gasteiger partial charge in [0.2, 0.25) is 0 Å². The normalized spacial score (nSPS) is 14.1. The van der Waals surface area contributed by atoms with E-state index in [1.807, 2.05) is 12.1 Å². The summed E-state index contributed by atoms with van der Waals surface area (Å²) in [5.74, 6) is 1.38. The highest BCUT2D eigenvalue weighted by atomic mass is 35.5. The second-order valence-electron chi connectivity index (χ2n) is 7.01. The fourth-order valence-electron chi connectivity index (χ4n) is 3.48. The zero-order valence-electron chi connectivity index (χ0n) is 16.6. The number of halogens is 2. The number of ether oxygens (including phenoxy) is 2. The summed E-state index contributed by atoms with van der Waals surface area (Å²) in [4.78, 5) is 2.37. The molecular weight excluding hydrogens is 395 g/mol. The van der Waals surface area contributed by atoms with Crippen molar-refractivity contribution >= 4 is 34.6 Å². The van der Waals surface area contributed by atoms with E-state index in [0.717, 1.165) is 47.2 Å². The summed E-state index contributed by atoms with van der Waals surface area (Å²) in [7, 11) is 1.63. The maximum absolute atomic E-state index is 6.57. The lowest BCUT2D eigenvalue weighted by atomic mass is 10.1. The van der Waals surface area contributed by atoms with Crippen LogP contribution in [-0.4, -0.2) is 26.8 Å². The predicted molar refractivity (Wildman–Crippen MR) is 119 cm³/mol. The van der Waals surface area contributed by atoms with Crippen molar-refractivity contribution in [3.8, 4) is 11.5 Å².